The number of fused-ring (bicyclic) bond motifs is 1. The van der Waals surface area contributed by atoms with Crippen molar-refractivity contribution >= 4 is 39.2 Å². The summed E-state index contributed by atoms with van der Waals surface area (Å²) in [5.41, 5.74) is 1.25. The Hall–Kier alpha value is -1.14. The van der Waals surface area contributed by atoms with Crippen molar-refractivity contribution < 1.29 is 4.79 Å². The first-order valence-electron chi connectivity index (χ1n) is 9.51. The lowest BCUT2D eigenvalue weighted by atomic mass is 9.98. The third-order valence-electron chi connectivity index (χ3n) is 5.34. The first kappa shape index (κ1) is 19.6. The van der Waals surface area contributed by atoms with Gasteiger partial charge in [0.1, 0.15) is 15.7 Å². The van der Waals surface area contributed by atoms with Crippen molar-refractivity contribution in [3.8, 4) is 0 Å². The molecule has 0 aliphatic carbocycles. The molecule has 1 aliphatic rings. The molecule has 2 unspecified atom stereocenters. The number of thiophene rings is 1. The van der Waals surface area contributed by atoms with Crippen molar-refractivity contribution in [3.05, 3.63) is 16.3 Å². The predicted octanol–water partition coefficient (Wildman–Crippen LogP) is 5.31. The number of carbonyl (C=O) groups is 1. The van der Waals surface area contributed by atoms with Crippen LogP contribution in [-0.2, 0) is 4.79 Å². The molecule has 0 aromatic carbocycles. The van der Waals surface area contributed by atoms with E-state index in [1.807, 2.05) is 0 Å². The molecule has 142 valence electrons. The summed E-state index contributed by atoms with van der Waals surface area (Å²) in [5, 5.41) is 2.10. The van der Waals surface area contributed by atoms with Crippen LogP contribution in [0.5, 0.6) is 0 Å². The first-order chi connectivity index (χ1) is 12.3. The van der Waals surface area contributed by atoms with Gasteiger partial charge >= 0.3 is 0 Å². The van der Waals surface area contributed by atoms with Gasteiger partial charge in [-0.15, -0.1) is 11.3 Å². The zero-order valence-corrected chi connectivity index (χ0v) is 18.3. The summed E-state index contributed by atoms with van der Waals surface area (Å²) in [6.45, 7) is 12.8. The second-order valence-corrected chi connectivity index (χ2v) is 9.89. The maximum absolute atomic E-state index is 12.9. The largest absolute Gasteiger partial charge is 0.337 e. The third-order valence-corrected chi connectivity index (χ3v) is 7.40. The van der Waals surface area contributed by atoms with Gasteiger partial charge in [-0.05, 0) is 52.5 Å². The summed E-state index contributed by atoms with van der Waals surface area (Å²) in [6.07, 6.45) is 3.44. The number of aryl methyl sites for hydroxylation is 2. The molecule has 1 saturated heterocycles. The molecule has 3 rings (SSSR count). The number of rotatable bonds is 4. The SMILES string of the molecule is Cc1sc2nc(C(C)C)nc(SCC(=O)N3C(C)CCCC3C)c2c1C. The molecule has 0 saturated carbocycles. The van der Waals surface area contributed by atoms with Crippen molar-refractivity contribution in [2.75, 3.05) is 5.75 Å². The lowest BCUT2D eigenvalue weighted by molar-refractivity contribution is -0.134. The van der Waals surface area contributed by atoms with Crippen LogP contribution in [0.25, 0.3) is 10.2 Å². The molecule has 1 fully saturated rings. The van der Waals surface area contributed by atoms with Gasteiger partial charge in [-0.25, -0.2) is 9.97 Å². The highest BCUT2D eigenvalue weighted by Crippen LogP contribution is 2.36. The summed E-state index contributed by atoms with van der Waals surface area (Å²) in [4.78, 5) is 26.9. The molecule has 2 aromatic rings. The molecular formula is C20H29N3OS2. The lowest BCUT2D eigenvalue weighted by Gasteiger charge is -2.39. The second-order valence-electron chi connectivity index (χ2n) is 7.72. The monoisotopic (exact) mass is 391 g/mol. The number of amides is 1. The van der Waals surface area contributed by atoms with Gasteiger partial charge in [-0.2, -0.15) is 0 Å². The van der Waals surface area contributed by atoms with Gasteiger partial charge in [-0.3, -0.25) is 4.79 Å². The summed E-state index contributed by atoms with van der Waals surface area (Å²) in [7, 11) is 0. The standard InChI is InChI=1S/C20H29N3OS2/c1-11(2)18-21-19(17-14(5)15(6)26-20(17)22-18)25-10-16(24)23-12(3)8-7-9-13(23)4/h11-13H,7-10H2,1-6H3. The number of thioether (sulfide) groups is 1. The fourth-order valence-corrected chi connectivity index (χ4v) is 5.77. The van der Waals surface area contributed by atoms with Gasteiger partial charge in [0.15, 0.2) is 0 Å². The van der Waals surface area contributed by atoms with Crippen molar-refractivity contribution in [3.63, 3.8) is 0 Å². The summed E-state index contributed by atoms with van der Waals surface area (Å²) in [5.74, 6) is 1.83. The molecule has 26 heavy (non-hydrogen) atoms. The predicted molar refractivity (Wildman–Crippen MR) is 111 cm³/mol. The molecular weight excluding hydrogens is 362 g/mol. The van der Waals surface area contributed by atoms with Crippen molar-refractivity contribution in [1.82, 2.24) is 14.9 Å². The van der Waals surface area contributed by atoms with Crippen LogP contribution in [0.4, 0.5) is 0 Å². The number of carbonyl (C=O) groups excluding carboxylic acids is 1. The minimum Gasteiger partial charge on any atom is -0.337 e. The summed E-state index contributed by atoms with van der Waals surface area (Å²) < 4.78 is 0. The van der Waals surface area contributed by atoms with Crippen molar-refractivity contribution in [1.29, 1.82) is 0 Å². The summed E-state index contributed by atoms with van der Waals surface area (Å²) >= 11 is 3.31. The number of piperidine rings is 1. The Bertz CT molecular complexity index is 805. The van der Waals surface area contributed by atoms with E-state index in [1.165, 1.54) is 16.9 Å². The zero-order chi connectivity index (χ0) is 19.0. The second kappa shape index (κ2) is 7.85. The van der Waals surface area contributed by atoms with Crippen LogP contribution in [0.2, 0.25) is 0 Å². The Morgan fingerprint density at radius 1 is 1.23 bits per heavy atom. The zero-order valence-electron chi connectivity index (χ0n) is 16.6. The maximum atomic E-state index is 12.9. The van der Waals surface area contributed by atoms with Crippen LogP contribution in [-0.4, -0.2) is 38.6 Å². The molecule has 0 bridgehead atoms. The normalized spacial score (nSPS) is 21.0. The summed E-state index contributed by atoms with van der Waals surface area (Å²) in [6, 6.07) is 0.683. The molecule has 1 aliphatic heterocycles. The molecule has 6 heteroatoms. The van der Waals surface area contributed by atoms with E-state index in [2.05, 4.69) is 46.4 Å². The maximum Gasteiger partial charge on any atom is 0.233 e. The first-order valence-corrected chi connectivity index (χ1v) is 11.3. The topological polar surface area (TPSA) is 46.1 Å². The molecule has 2 atom stereocenters. The number of likely N-dealkylation sites (tertiary alicyclic amines) is 1. The van der Waals surface area contributed by atoms with Crippen LogP contribution in [0.3, 0.4) is 0 Å². The number of hydrogen-bond donors (Lipinski definition) is 0. The van der Waals surface area contributed by atoms with Crippen LogP contribution in [0.1, 0.15) is 69.1 Å². The Labute approximate surface area is 164 Å². The van der Waals surface area contributed by atoms with E-state index in [4.69, 9.17) is 9.97 Å². The van der Waals surface area contributed by atoms with E-state index in [0.29, 0.717) is 17.8 Å². The van der Waals surface area contributed by atoms with Crippen LogP contribution in [0, 0.1) is 13.8 Å². The number of nitrogens with zero attached hydrogens (tertiary/aromatic N) is 3. The molecule has 1 amide bonds. The molecule has 0 radical (unpaired) electrons. The van der Waals surface area contributed by atoms with E-state index >= 15 is 0 Å². The fourth-order valence-electron chi connectivity index (χ4n) is 3.71. The molecule has 0 N–H and O–H groups in total. The van der Waals surface area contributed by atoms with Gasteiger partial charge in [0, 0.05) is 28.3 Å². The van der Waals surface area contributed by atoms with Gasteiger partial charge in [0.2, 0.25) is 5.91 Å². The van der Waals surface area contributed by atoms with Crippen molar-refractivity contribution in [2.45, 2.75) is 83.8 Å². The van der Waals surface area contributed by atoms with E-state index in [0.717, 1.165) is 33.9 Å². The molecule has 4 nitrogen and oxygen atoms in total. The highest BCUT2D eigenvalue weighted by molar-refractivity contribution is 8.00. The molecule has 2 aromatic heterocycles. The van der Waals surface area contributed by atoms with E-state index in [1.54, 1.807) is 23.1 Å². The lowest BCUT2D eigenvalue weighted by Crippen LogP contribution is -2.48. The highest BCUT2D eigenvalue weighted by Gasteiger charge is 2.29. The van der Waals surface area contributed by atoms with Gasteiger partial charge in [0.05, 0.1) is 5.75 Å². The smallest absolute Gasteiger partial charge is 0.233 e. The number of hydrogen-bond acceptors (Lipinski definition) is 5. The third kappa shape index (κ3) is 3.77. The Kier molecular flexibility index (Phi) is 5.92. The average molecular weight is 392 g/mol. The quantitative estimate of drug-likeness (QED) is 0.523. The Balaban J connectivity index is 1.87. The van der Waals surface area contributed by atoms with E-state index < -0.39 is 0 Å². The minimum atomic E-state index is 0.233. The van der Waals surface area contributed by atoms with Gasteiger partial charge in [-0.1, -0.05) is 25.6 Å². The van der Waals surface area contributed by atoms with E-state index in [-0.39, 0.29) is 11.8 Å². The van der Waals surface area contributed by atoms with E-state index in [9.17, 15) is 4.79 Å². The van der Waals surface area contributed by atoms with Gasteiger partial charge in [0.25, 0.3) is 0 Å². The van der Waals surface area contributed by atoms with Crippen LogP contribution >= 0.6 is 23.1 Å². The van der Waals surface area contributed by atoms with Crippen molar-refractivity contribution in [2.24, 2.45) is 0 Å². The van der Waals surface area contributed by atoms with Gasteiger partial charge < -0.3 is 4.90 Å². The highest BCUT2D eigenvalue weighted by atomic mass is 32.2. The Morgan fingerprint density at radius 3 is 2.50 bits per heavy atom. The molecule has 0 spiro atoms. The fraction of sp³-hybridized carbons (Fsp3) is 0.650. The average Bonchev–Trinajstić information content (AvgIpc) is 2.87. The molecule has 3 heterocycles. The Morgan fingerprint density at radius 2 is 1.88 bits per heavy atom. The van der Waals surface area contributed by atoms with Crippen LogP contribution in [0.15, 0.2) is 5.03 Å². The minimum absolute atomic E-state index is 0.233. The van der Waals surface area contributed by atoms with Crippen LogP contribution < -0.4 is 0 Å². The number of aromatic nitrogens is 2.